The van der Waals surface area contributed by atoms with E-state index in [1.807, 2.05) is 43.4 Å². The molecule has 0 aliphatic carbocycles. The number of hydrogen-bond donors (Lipinski definition) is 2. The molecule has 2 aromatic rings. The van der Waals surface area contributed by atoms with Crippen LogP contribution in [-0.2, 0) is 4.79 Å². The van der Waals surface area contributed by atoms with Crippen molar-refractivity contribution in [1.29, 1.82) is 0 Å². The molecule has 0 radical (unpaired) electrons. The number of aromatic hydroxyl groups is 1. The summed E-state index contributed by atoms with van der Waals surface area (Å²) < 4.78 is 0.524. The van der Waals surface area contributed by atoms with Gasteiger partial charge >= 0.3 is 0 Å². The van der Waals surface area contributed by atoms with Crippen molar-refractivity contribution in [2.24, 2.45) is 0 Å². The molecule has 1 amide bonds. The molecule has 1 aliphatic heterocycles. The highest BCUT2D eigenvalue weighted by Crippen LogP contribution is 2.31. The SMILES string of the molecule is CN(c1ccccc1)N1C(=O)C(CNc2ccccc2O)SC1=S. The van der Waals surface area contributed by atoms with E-state index in [1.165, 1.54) is 16.8 Å². The van der Waals surface area contributed by atoms with E-state index in [-0.39, 0.29) is 16.9 Å². The minimum absolute atomic E-state index is 0.0701. The van der Waals surface area contributed by atoms with Crippen molar-refractivity contribution < 1.29 is 9.90 Å². The number of thioether (sulfide) groups is 1. The van der Waals surface area contributed by atoms with Gasteiger partial charge in [0.1, 0.15) is 11.0 Å². The van der Waals surface area contributed by atoms with Crippen LogP contribution in [0.3, 0.4) is 0 Å². The fourth-order valence-electron chi connectivity index (χ4n) is 2.43. The number of amides is 1. The lowest BCUT2D eigenvalue weighted by molar-refractivity contribution is -0.126. The predicted molar refractivity (Wildman–Crippen MR) is 102 cm³/mol. The van der Waals surface area contributed by atoms with Crippen molar-refractivity contribution in [2.45, 2.75) is 5.25 Å². The van der Waals surface area contributed by atoms with Gasteiger partial charge in [0.15, 0.2) is 4.32 Å². The van der Waals surface area contributed by atoms with Gasteiger partial charge in [-0.1, -0.05) is 54.3 Å². The van der Waals surface area contributed by atoms with E-state index in [4.69, 9.17) is 12.2 Å². The molecule has 1 heterocycles. The predicted octanol–water partition coefficient (Wildman–Crippen LogP) is 3.08. The molecule has 1 fully saturated rings. The molecular formula is C17H17N3O2S2. The van der Waals surface area contributed by atoms with Gasteiger partial charge in [-0.2, -0.15) is 0 Å². The summed E-state index contributed by atoms with van der Waals surface area (Å²) >= 11 is 6.73. The maximum atomic E-state index is 12.7. The Labute approximate surface area is 150 Å². The molecule has 0 bridgehead atoms. The van der Waals surface area contributed by atoms with Gasteiger partial charge in [0.05, 0.1) is 11.4 Å². The molecule has 1 unspecified atom stereocenters. The standard InChI is InChI=1S/C17H17N3O2S2/c1-19(12-7-3-2-4-8-12)20-16(22)15(24-17(20)23)11-18-13-9-5-6-10-14(13)21/h2-10,15,18,21H,11H2,1H3. The number of hydrogen-bond acceptors (Lipinski definition) is 6. The Morgan fingerprint density at radius 2 is 1.88 bits per heavy atom. The van der Waals surface area contributed by atoms with E-state index in [0.717, 1.165) is 5.69 Å². The third-order valence-corrected chi connectivity index (χ3v) is 5.20. The fraction of sp³-hybridized carbons (Fsp3) is 0.176. The smallest absolute Gasteiger partial charge is 0.262 e. The third kappa shape index (κ3) is 3.32. The molecule has 1 atom stereocenters. The van der Waals surface area contributed by atoms with E-state index in [0.29, 0.717) is 16.6 Å². The number of carbonyl (C=O) groups is 1. The van der Waals surface area contributed by atoms with Gasteiger partial charge in [0.2, 0.25) is 0 Å². The first kappa shape index (κ1) is 16.6. The first-order valence-electron chi connectivity index (χ1n) is 7.43. The number of carbonyl (C=O) groups excluding carboxylic acids is 1. The number of nitrogens with zero attached hydrogens (tertiary/aromatic N) is 2. The Kier molecular flexibility index (Phi) is 4.92. The van der Waals surface area contributed by atoms with Crippen LogP contribution >= 0.6 is 24.0 Å². The molecule has 5 nitrogen and oxygen atoms in total. The number of hydrazine groups is 1. The lowest BCUT2D eigenvalue weighted by atomic mass is 10.3. The Hall–Kier alpha value is -2.25. The highest BCUT2D eigenvalue weighted by Gasteiger charge is 2.39. The average Bonchev–Trinajstić information content (AvgIpc) is 2.88. The number of phenols is 1. The van der Waals surface area contributed by atoms with E-state index in [9.17, 15) is 9.90 Å². The van der Waals surface area contributed by atoms with Crippen molar-refractivity contribution in [3.8, 4) is 5.75 Å². The Bertz CT molecular complexity index is 755. The van der Waals surface area contributed by atoms with Crippen LogP contribution in [0.4, 0.5) is 11.4 Å². The molecule has 7 heteroatoms. The van der Waals surface area contributed by atoms with Crippen molar-refractivity contribution in [3.63, 3.8) is 0 Å². The molecule has 1 saturated heterocycles. The molecule has 2 N–H and O–H groups in total. The molecule has 0 spiro atoms. The quantitative estimate of drug-likeness (QED) is 0.632. The number of anilines is 2. The summed E-state index contributed by atoms with van der Waals surface area (Å²) in [5.74, 6) is 0.0908. The zero-order chi connectivity index (χ0) is 17.1. The van der Waals surface area contributed by atoms with Crippen LogP contribution in [-0.4, -0.2) is 39.2 Å². The molecule has 0 saturated carbocycles. The van der Waals surface area contributed by atoms with E-state index in [1.54, 1.807) is 23.2 Å². The first-order valence-corrected chi connectivity index (χ1v) is 8.72. The van der Waals surface area contributed by atoms with E-state index < -0.39 is 0 Å². The Morgan fingerprint density at radius 1 is 1.21 bits per heavy atom. The number of nitrogens with one attached hydrogen (secondary N) is 1. The second kappa shape index (κ2) is 7.11. The van der Waals surface area contributed by atoms with E-state index >= 15 is 0 Å². The summed E-state index contributed by atoms with van der Waals surface area (Å²) in [5, 5.41) is 15.9. The van der Waals surface area contributed by atoms with Gasteiger partial charge < -0.3 is 10.4 Å². The van der Waals surface area contributed by atoms with Crippen molar-refractivity contribution >= 4 is 45.6 Å². The lowest BCUT2D eigenvalue weighted by Gasteiger charge is -2.29. The van der Waals surface area contributed by atoms with Crippen LogP contribution in [0.25, 0.3) is 0 Å². The van der Waals surface area contributed by atoms with Crippen LogP contribution in [0.5, 0.6) is 5.75 Å². The largest absolute Gasteiger partial charge is 0.506 e. The zero-order valence-corrected chi connectivity index (χ0v) is 14.7. The summed E-state index contributed by atoms with van der Waals surface area (Å²) in [5.41, 5.74) is 1.50. The van der Waals surface area contributed by atoms with E-state index in [2.05, 4.69) is 5.32 Å². The number of benzene rings is 2. The minimum Gasteiger partial charge on any atom is -0.506 e. The zero-order valence-electron chi connectivity index (χ0n) is 13.0. The van der Waals surface area contributed by atoms with Gasteiger partial charge in [0, 0.05) is 13.6 Å². The number of rotatable bonds is 5. The molecule has 124 valence electrons. The lowest BCUT2D eigenvalue weighted by Crippen LogP contribution is -2.45. The number of phenolic OH excluding ortho intramolecular Hbond substituents is 1. The third-order valence-electron chi connectivity index (χ3n) is 3.71. The van der Waals surface area contributed by atoms with Gasteiger partial charge in [-0.25, -0.2) is 5.01 Å². The first-order chi connectivity index (χ1) is 11.6. The maximum Gasteiger partial charge on any atom is 0.262 e. The molecule has 24 heavy (non-hydrogen) atoms. The summed E-state index contributed by atoms with van der Waals surface area (Å²) in [4.78, 5) is 12.7. The normalized spacial score (nSPS) is 17.2. The van der Waals surface area contributed by atoms with Crippen LogP contribution in [0.2, 0.25) is 0 Å². The van der Waals surface area contributed by atoms with Gasteiger partial charge in [-0.3, -0.25) is 9.80 Å². The summed E-state index contributed by atoms with van der Waals surface area (Å²) in [6.45, 7) is 0.389. The highest BCUT2D eigenvalue weighted by molar-refractivity contribution is 8.24. The Balaban J connectivity index is 1.69. The molecule has 3 rings (SSSR count). The van der Waals surface area contributed by atoms with Crippen molar-refractivity contribution in [2.75, 3.05) is 23.9 Å². The van der Waals surface area contributed by atoms with Gasteiger partial charge in [-0.05, 0) is 24.3 Å². The topological polar surface area (TPSA) is 55.8 Å². The van der Waals surface area contributed by atoms with Gasteiger partial charge in [-0.15, -0.1) is 0 Å². The molecule has 2 aromatic carbocycles. The summed E-state index contributed by atoms with van der Waals surface area (Å²) in [6, 6.07) is 16.6. The second-order valence-corrected chi connectivity index (χ2v) is 7.12. The fourth-order valence-corrected chi connectivity index (χ4v) is 3.92. The molecule has 1 aliphatic rings. The average molecular weight is 359 g/mol. The van der Waals surface area contributed by atoms with Crippen LogP contribution < -0.4 is 10.3 Å². The van der Waals surface area contributed by atoms with Crippen molar-refractivity contribution in [1.82, 2.24) is 5.01 Å². The molecule has 0 aromatic heterocycles. The number of thiocarbonyl (C=S) groups is 1. The van der Waals surface area contributed by atoms with Gasteiger partial charge in [0.25, 0.3) is 5.91 Å². The summed E-state index contributed by atoms with van der Waals surface area (Å²) in [7, 11) is 1.82. The highest BCUT2D eigenvalue weighted by atomic mass is 32.2. The maximum absolute atomic E-state index is 12.7. The Morgan fingerprint density at radius 3 is 2.58 bits per heavy atom. The van der Waals surface area contributed by atoms with Crippen LogP contribution in [0.15, 0.2) is 54.6 Å². The minimum atomic E-state index is -0.330. The number of para-hydroxylation sites is 3. The molecular weight excluding hydrogens is 342 g/mol. The summed E-state index contributed by atoms with van der Waals surface area (Å²) in [6.07, 6.45) is 0. The monoisotopic (exact) mass is 359 g/mol. The van der Waals surface area contributed by atoms with Crippen LogP contribution in [0, 0.1) is 0 Å². The van der Waals surface area contributed by atoms with Crippen molar-refractivity contribution in [3.05, 3.63) is 54.6 Å². The van der Waals surface area contributed by atoms with Crippen LogP contribution in [0.1, 0.15) is 0 Å². The second-order valence-electron chi connectivity index (χ2n) is 5.28.